The van der Waals surface area contributed by atoms with Gasteiger partial charge in [-0.2, -0.15) is 0 Å². The largest absolute Gasteiger partial charge is 0.490 e. The summed E-state index contributed by atoms with van der Waals surface area (Å²) < 4.78 is 11.8. The van der Waals surface area contributed by atoms with Gasteiger partial charge < -0.3 is 9.47 Å². The van der Waals surface area contributed by atoms with E-state index in [0.29, 0.717) is 39.8 Å². The summed E-state index contributed by atoms with van der Waals surface area (Å²) in [6.07, 6.45) is 1.85. The Morgan fingerprint density at radius 1 is 1.00 bits per heavy atom. The molecule has 1 aliphatic rings. The first-order valence-electron chi connectivity index (χ1n) is 10.9. The van der Waals surface area contributed by atoms with E-state index in [1.54, 1.807) is 11.9 Å². The van der Waals surface area contributed by atoms with Crippen molar-refractivity contribution in [2.24, 2.45) is 4.99 Å². The third kappa shape index (κ3) is 5.82. The number of hydrogen-bond acceptors (Lipinski definition) is 5. The number of aryl methyl sites for hydroxylation is 1. The summed E-state index contributed by atoms with van der Waals surface area (Å²) in [6, 6.07) is 21.1. The molecular formula is C27H25ClN2O3S. The summed E-state index contributed by atoms with van der Waals surface area (Å²) >= 11 is 7.31. The Balaban J connectivity index is 1.53. The molecule has 0 saturated carbocycles. The lowest BCUT2D eigenvalue weighted by Crippen LogP contribution is -2.23. The van der Waals surface area contributed by atoms with Crippen molar-refractivity contribution in [3.05, 3.63) is 93.3 Å². The molecule has 34 heavy (non-hydrogen) atoms. The fraction of sp³-hybridized carbons (Fsp3) is 0.185. The zero-order valence-corrected chi connectivity index (χ0v) is 20.8. The third-order valence-corrected chi connectivity index (χ3v) is 6.45. The van der Waals surface area contributed by atoms with Crippen LogP contribution in [-0.2, 0) is 11.4 Å². The van der Waals surface area contributed by atoms with Gasteiger partial charge in [0.2, 0.25) is 0 Å². The Morgan fingerprint density at radius 2 is 1.74 bits per heavy atom. The maximum Gasteiger partial charge on any atom is 0.266 e. The van der Waals surface area contributed by atoms with Gasteiger partial charge in [0, 0.05) is 12.1 Å². The monoisotopic (exact) mass is 492 g/mol. The first-order chi connectivity index (χ1) is 16.4. The number of thioether (sulfide) groups is 1. The summed E-state index contributed by atoms with van der Waals surface area (Å²) in [5.41, 5.74) is 3.84. The lowest BCUT2D eigenvalue weighted by molar-refractivity contribution is -0.121. The highest BCUT2D eigenvalue weighted by molar-refractivity contribution is 8.18. The summed E-state index contributed by atoms with van der Waals surface area (Å²) in [4.78, 5) is 19.6. The zero-order chi connectivity index (χ0) is 24.1. The zero-order valence-electron chi connectivity index (χ0n) is 19.2. The third-order valence-electron chi connectivity index (χ3n) is 5.14. The number of halogens is 1. The van der Waals surface area contributed by atoms with E-state index < -0.39 is 0 Å². The molecule has 1 amide bonds. The van der Waals surface area contributed by atoms with Crippen LogP contribution in [0, 0.1) is 6.92 Å². The molecule has 0 radical (unpaired) electrons. The predicted octanol–water partition coefficient (Wildman–Crippen LogP) is 6.86. The predicted molar refractivity (Wildman–Crippen MR) is 140 cm³/mol. The van der Waals surface area contributed by atoms with Gasteiger partial charge in [-0.15, -0.1) is 0 Å². The Hall–Kier alpha value is -3.22. The molecule has 3 aromatic rings. The van der Waals surface area contributed by atoms with Crippen LogP contribution in [0.25, 0.3) is 6.08 Å². The van der Waals surface area contributed by atoms with Gasteiger partial charge in [0.05, 0.1) is 17.2 Å². The van der Waals surface area contributed by atoms with Crippen LogP contribution in [0.1, 0.15) is 23.6 Å². The average Bonchev–Trinajstić information content (AvgIpc) is 3.09. The molecule has 1 saturated heterocycles. The lowest BCUT2D eigenvalue weighted by Gasteiger charge is -2.13. The highest BCUT2D eigenvalue weighted by Crippen LogP contribution is 2.35. The topological polar surface area (TPSA) is 51.1 Å². The van der Waals surface area contributed by atoms with E-state index in [9.17, 15) is 4.79 Å². The number of amides is 1. The summed E-state index contributed by atoms with van der Waals surface area (Å²) in [7, 11) is 1.74. The Morgan fingerprint density at radius 3 is 2.44 bits per heavy atom. The minimum absolute atomic E-state index is 0.0862. The molecule has 0 aromatic heterocycles. The van der Waals surface area contributed by atoms with Crippen molar-refractivity contribution in [3.8, 4) is 11.5 Å². The number of hydrogen-bond donors (Lipinski definition) is 0. The van der Waals surface area contributed by atoms with Crippen molar-refractivity contribution in [1.82, 2.24) is 4.90 Å². The molecule has 1 fully saturated rings. The number of amidine groups is 1. The van der Waals surface area contributed by atoms with E-state index in [0.717, 1.165) is 16.8 Å². The van der Waals surface area contributed by atoms with Gasteiger partial charge in [0.1, 0.15) is 6.61 Å². The summed E-state index contributed by atoms with van der Waals surface area (Å²) in [5.74, 6) is 1.18. The van der Waals surface area contributed by atoms with Crippen LogP contribution in [-0.4, -0.2) is 29.6 Å². The number of ether oxygens (including phenoxy) is 2. The van der Waals surface area contributed by atoms with E-state index in [2.05, 4.69) is 4.99 Å². The van der Waals surface area contributed by atoms with E-state index in [4.69, 9.17) is 21.1 Å². The molecule has 0 bridgehead atoms. The second-order valence-electron chi connectivity index (χ2n) is 7.76. The maximum atomic E-state index is 12.8. The number of rotatable bonds is 7. The number of aliphatic imine (C=N–C) groups is 1. The molecule has 5 nitrogen and oxygen atoms in total. The number of carbonyl (C=O) groups is 1. The first-order valence-corrected chi connectivity index (χ1v) is 12.1. The van der Waals surface area contributed by atoms with Gasteiger partial charge in [-0.05, 0) is 79.2 Å². The lowest BCUT2D eigenvalue weighted by atomic mass is 10.1. The van der Waals surface area contributed by atoms with E-state index in [-0.39, 0.29) is 5.91 Å². The first kappa shape index (κ1) is 23.9. The number of benzene rings is 3. The molecule has 174 valence electrons. The van der Waals surface area contributed by atoms with Crippen molar-refractivity contribution in [2.45, 2.75) is 20.5 Å². The van der Waals surface area contributed by atoms with Crippen LogP contribution in [0.2, 0.25) is 5.02 Å². The standard InChI is InChI=1S/C27H25ClN2O3S/c1-4-32-24-15-20(9-14-23(24)33-17-19-7-10-21(28)11-8-19)16-25-26(31)30(3)27(34-25)29-22-12-5-18(2)6-13-22/h5-16H,4,17H2,1-3H3/b25-16+,29-27?. The van der Waals surface area contributed by atoms with Crippen LogP contribution in [0.3, 0.4) is 0 Å². The van der Waals surface area contributed by atoms with Gasteiger partial charge in [0.25, 0.3) is 5.91 Å². The molecule has 0 N–H and O–H groups in total. The van der Waals surface area contributed by atoms with E-state index in [1.165, 1.54) is 17.3 Å². The molecular weight excluding hydrogens is 468 g/mol. The highest BCUT2D eigenvalue weighted by Gasteiger charge is 2.30. The minimum atomic E-state index is -0.0862. The maximum absolute atomic E-state index is 12.8. The van der Waals surface area contributed by atoms with E-state index in [1.807, 2.05) is 86.7 Å². The van der Waals surface area contributed by atoms with Gasteiger partial charge >= 0.3 is 0 Å². The summed E-state index contributed by atoms with van der Waals surface area (Å²) in [6.45, 7) is 4.85. The van der Waals surface area contributed by atoms with Gasteiger partial charge in [-0.1, -0.05) is 47.5 Å². The molecule has 7 heteroatoms. The summed E-state index contributed by atoms with van der Waals surface area (Å²) in [5, 5.41) is 1.33. The van der Waals surface area contributed by atoms with Gasteiger partial charge in [0.15, 0.2) is 16.7 Å². The van der Waals surface area contributed by atoms with E-state index >= 15 is 0 Å². The normalized spacial score (nSPS) is 15.9. The molecule has 0 aliphatic carbocycles. The molecule has 0 spiro atoms. The second kappa shape index (κ2) is 10.8. The molecule has 1 heterocycles. The van der Waals surface area contributed by atoms with Crippen molar-refractivity contribution < 1.29 is 14.3 Å². The number of likely N-dealkylation sites (N-methyl/N-ethyl adjacent to an activating group) is 1. The second-order valence-corrected chi connectivity index (χ2v) is 9.20. The van der Waals surface area contributed by atoms with Crippen LogP contribution in [0.4, 0.5) is 5.69 Å². The fourth-order valence-corrected chi connectivity index (χ4v) is 4.39. The highest BCUT2D eigenvalue weighted by atomic mass is 35.5. The Labute approximate surface area is 209 Å². The molecule has 4 rings (SSSR count). The molecule has 1 aliphatic heterocycles. The van der Waals surface area contributed by atoms with Crippen molar-refractivity contribution >= 4 is 46.2 Å². The van der Waals surface area contributed by atoms with Crippen LogP contribution >= 0.6 is 23.4 Å². The van der Waals surface area contributed by atoms with Crippen molar-refractivity contribution in [2.75, 3.05) is 13.7 Å². The average molecular weight is 493 g/mol. The molecule has 0 atom stereocenters. The minimum Gasteiger partial charge on any atom is -0.490 e. The fourth-order valence-electron chi connectivity index (χ4n) is 3.28. The quantitative estimate of drug-likeness (QED) is 0.338. The van der Waals surface area contributed by atoms with Crippen LogP contribution in [0.5, 0.6) is 11.5 Å². The van der Waals surface area contributed by atoms with Crippen LogP contribution in [0.15, 0.2) is 76.6 Å². The number of nitrogens with zero attached hydrogens (tertiary/aromatic N) is 2. The molecule has 3 aromatic carbocycles. The SMILES string of the molecule is CCOc1cc(/C=C2/SC(=Nc3ccc(C)cc3)N(C)C2=O)ccc1OCc1ccc(Cl)cc1. The van der Waals surface area contributed by atoms with Crippen molar-refractivity contribution in [1.29, 1.82) is 0 Å². The van der Waals surface area contributed by atoms with Crippen LogP contribution < -0.4 is 9.47 Å². The van der Waals surface area contributed by atoms with Gasteiger partial charge in [-0.25, -0.2) is 4.99 Å². The van der Waals surface area contributed by atoms with Gasteiger partial charge in [-0.3, -0.25) is 9.69 Å². The Bertz CT molecular complexity index is 1240. The number of carbonyl (C=O) groups excluding carboxylic acids is 1. The van der Waals surface area contributed by atoms with Crippen molar-refractivity contribution in [3.63, 3.8) is 0 Å². The molecule has 0 unspecified atom stereocenters. The smallest absolute Gasteiger partial charge is 0.266 e. The Kier molecular flexibility index (Phi) is 7.60.